The molecule has 4 atom stereocenters. The van der Waals surface area contributed by atoms with Gasteiger partial charge in [0.05, 0.1) is 12.2 Å². The van der Waals surface area contributed by atoms with Crippen LogP contribution in [0.2, 0.25) is 0 Å². The molecule has 3 nitrogen and oxygen atoms in total. The van der Waals surface area contributed by atoms with E-state index in [-0.39, 0.29) is 17.7 Å². The summed E-state index contributed by atoms with van der Waals surface area (Å²) >= 11 is 0. The van der Waals surface area contributed by atoms with Crippen LogP contribution in [0.1, 0.15) is 74.7 Å². The van der Waals surface area contributed by atoms with Crippen molar-refractivity contribution in [3.05, 3.63) is 58.7 Å². The highest BCUT2D eigenvalue weighted by Crippen LogP contribution is 2.40. The molecule has 0 aromatic carbocycles. The quantitative estimate of drug-likeness (QED) is 0.527. The molecular weight excluding hydrogens is 358 g/mol. The Balaban J connectivity index is 2.25. The smallest absolute Gasteiger partial charge is 0.209 e. The molecule has 0 saturated carbocycles. The average Bonchev–Trinajstić information content (AvgIpc) is 2.61. The molecule has 0 fully saturated rings. The molecule has 0 aliphatic carbocycles. The average molecular weight is 400 g/mol. The molecule has 0 amide bonds. The van der Waals surface area contributed by atoms with Crippen molar-refractivity contribution in [3.8, 4) is 0 Å². The molecule has 0 saturated heterocycles. The van der Waals surface area contributed by atoms with E-state index in [0.29, 0.717) is 5.92 Å². The van der Waals surface area contributed by atoms with Crippen molar-refractivity contribution in [2.45, 2.75) is 98.2 Å². The molecule has 0 bridgehead atoms. The first-order valence-corrected chi connectivity index (χ1v) is 11.0. The Bertz CT molecular complexity index is 732. The van der Waals surface area contributed by atoms with E-state index in [1.165, 1.54) is 22.3 Å². The van der Waals surface area contributed by atoms with Gasteiger partial charge in [-0.25, -0.2) is 0 Å². The predicted molar refractivity (Wildman–Crippen MR) is 124 cm³/mol. The summed E-state index contributed by atoms with van der Waals surface area (Å²) in [4.78, 5) is 0. The summed E-state index contributed by atoms with van der Waals surface area (Å²) in [7, 11) is 0. The van der Waals surface area contributed by atoms with E-state index in [4.69, 9.17) is 15.2 Å². The lowest BCUT2D eigenvalue weighted by atomic mass is 9.86. The van der Waals surface area contributed by atoms with E-state index < -0.39 is 5.79 Å². The lowest BCUT2D eigenvalue weighted by Crippen LogP contribution is -2.46. The van der Waals surface area contributed by atoms with Crippen LogP contribution in [0.15, 0.2) is 58.7 Å². The first-order valence-electron chi connectivity index (χ1n) is 11.0. The molecule has 29 heavy (non-hydrogen) atoms. The molecule has 0 unspecified atom stereocenters. The van der Waals surface area contributed by atoms with Gasteiger partial charge in [0, 0.05) is 11.5 Å². The van der Waals surface area contributed by atoms with Crippen LogP contribution in [0.3, 0.4) is 0 Å². The van der Waals surface area contributed by atoms with Crippen molar-refractivity contribution < 1.29 is 9.47 Å². The van der Waals surface area contributed by atoms with E-state index in [0.717, 1.165) is 19.3 Å². The minimum atomic E-state index is -0.767. The maximum absolute atomic E-state index is 6.56. The van der Waals surface area contributed by atoms with Gasteiger partial charge in [-0.1, -0.05) is 60.4 Å². The summed E-state index contributed by atoms with van der Waals surface area (Å²) in [5.41, 5.74) is 11.1. The second kappa shape index (κ2) is 9.59. The van der Waals surface area contributed by atoms with E-state index in [1.807, 2.05) is 20.8 Å². The number of hydrogen-bond donors (Lipinski definition) is 1. The molecular formula is C26H41NO2. The van der Waals surface area contributed by atoms with Crippen LogP contribution in [0.25, 0.3) is 0 Å². The Morgan fingerprint density at radius 2 is 1.97 bits per heavy atom. The number of rotatable bonds is 6. The Morgan fingerprint density at radius 1 is 1.28 bits per heavy atom. The van der Waals surface area contributed by atoms with Crippen molar-refractivity contribution in [2.24, 2.45) is 11.7 Å². The zero-order valence-electron chi connectivity index (χ0n) is 19.7. The van der Waals surface area contributed by atoms with Gasteiger partial charge >= 0.3 is 0 Å². The standard InChI is InChI=1S/C26H41NO2/c1-9-11-24-21(6)22(10-2)17-26(29-24)16-19(4)15-23(28-26)14-18(3)12-13-20(5)25(7,8)27/h9,11,13-14,16-17,21,23-24H,10,12,15,27H2,1-8H3/b11-9?,18-14+,20-13?/t21-,23-,24-,26+/m0/s1. The van der Waals surface area contributed by atoms with Gasteiger partial charge in [-0.15, -0.1) is 0 Å². The molecule has 2 aliphatic heterocycles. The summed E-state index contributed by atoms with van der Waals surface area (Å²) in [6.07, 6.45) is 15.9. The minimum absolute atomic E-state index is 0.00797. The monoisotopic (exact) mass is 399 g/mol. The van der Waals surface area contributed by atoms with Crippen LogP contribution in [-0.4, -0.2) is 23.5 Å². The van der Waals surface area contributed by atoms with Gasteiger partial charge in [0.1, 0.15) is 0 Å². The van der Waals surface area contributed by atoms with Crippen LogP contribution in [-0.2, 0) is 9.47 Å². The Hall–Kier alpha value is -1.42. The molecule has 0 aromatic heterocycles. The van der Waals surface area contributed by atoms with Crippen LogP contribution in [0.4, 0.5) is 0 Å². The predicted octanol–water partition coefficient (Wildman–Crippen LogP) is 6.39. The second-order valence-corrected chi connectivity index (χ2v) is 9.37. The molecule has 2 N–H and O–H groups in total. The largest absolute Gasteiger partial charge is 0.335 e. The van der Waals surface area contributed by atoms with E-state index in [1.54, 1.807) is 0 Å². The van der Waals surface area contributed by atoms with E-state index in [9.17, 15) is 0 Å². The third kappa shape index (κ3) is 6.28. The molecule has 162 valence electrons. The third-order valence-electron chi connectivity index (χ3n) is 6.10. The van der Waals surface area contributed by atoms with Crippen LogP contribution < -0.4 is 5.73 Å². The third-order valence-corrected chi connectivity index (χ3v) is 6.10. The van der Waals surface area contributed by atoms with Crippen molar-refractivity contribution in [1.82, 2.24) is 0 Å². The fourth-order valence-corrected chi connectivity index (χ4v) is 3.99. The van der Waals surface area contributed by atoms with Crippen LogP contribution in [0, 0.1) is 5.92 Å². The minimum Gasteiger partial charge on any atom is -0.335 e. The van der Waals surface area contributed by atoms with Gasteiger partial charge in [0.15, 0.2) is 0 Å². The number of allylic oxidation sites excluding steroid dienone is 3. The molecule has 2 aliphatic rings. The van der Waals surface area contributed by atoms with Gasteiger partial charge in [-0.05, 0) is 73.0 Å². The van der Waals surface area contributed by atoms with Gasteiger partial charge in [-0.2, -0.15) is 0 Å². The Morgan fingerprint density at radius 3 is 2.55 bits per heavy atom. The fraction of sp³-hybridized carbons (Fsp3) is 0.615. The fourth-order valence-electron chi connectivity index (χ4n) is 3.99. The summed E-state index contributed by atoms with van der Waals surface area (Å²) in [6, 6.07) is 0. The molecule has 0 radical (unpaired) electrons. The SMILES string of the molecule is CC=C[C@@H]1O[C@]2(C=C(C)C[C@H](/C=C(\C)CC=C(C)C(C)(C)N)O2)C=C(CC)[C@@H]1C. The van der Waals surface area contributed by atoms with Gasteiger partial charge in [0.25, 0.3) is 0 Å². The first-order chi connectivity index (χ1) is 13.5. The highest BCUT2D eigenvalue weighted by atomic mass is 16.7. The van der Waals surface area contributed by atoms with Gasteiger partial charge in [0.2, 0.25) is 5.79 Å². The van der Waals surface area contributed by atoms with E-state index in [2.05, 4.69) is 71.1 Å². The number of nitrogens with two attached hydrogens (primary N) is 1. The second-order valence-electron chi connectivity index (χ2n) is 9.37. The van der Waals surface area contributed by atoms with Crippen LogP contribution in [0.5, 0.6) is 0 Å². The van der Waals surface area contributed by atoms with Gasteiger partial charge in [-0.3, -0.25) is 0 Å². The van der Waals surface area contributed by atoms with Crippen molar-refractivity contribution in [1.29, 1.82) is 0 Å². The molecule has 3 heteroatoms. The zero-order valence-corrected chi connectivity index (χ0v) is 19.7. The lowest BCUT2D eigenvalue weighted by molar-refractivity contribution is -0.222. The van der Waals surface area contributed by atoms with Crippen molar-refractivity contribution in [3.63, 3.8) is 0 Å². The normalized spacial score (nSPS) is 32.0. The first kappa shape index (κ1) is 23.9. The highest BCUT2D eigenvalue weighted by Gasteiger charge is 2.41. The molecule has 0 aromatic rings. The van der Waals surface area contributed by atoms with Crippen LogP contribution >= 0.6 is 0 Å². The van der Waals surface area contributed by atoms with Gasteiger partial charge < -0.3 is 15.2 Å². The summed E-state index contributed by atoms with van der Waals surface area (Å²) in [6.45, 7) is 17.0. The van der Waals surface area contributed by atoms with Crippen molar-refractivity contribution in [2.75, 3.05) is 0 Å². The Labute approximate surface area is 178 Å². The topological polar surface area (TPSA) is 44.5 Å². The summed E-state index contributed by atoms with van der Waals surface area (Å²) in [5.74, 6) is -0.402. The summed E-state index contributed by atoms with van der Waals surface area (Å²) < 4.78 is 13.1. The number of ether oxygens (including phenoxy) is 2. The zero-order chi connectivity index (χ0) is 21.8. The lowest BCUT2D eigenvalue weighted by Gasteiger charge is -2.44. The van der Waals surface area contributed by atoms with Crippen molar-refractivity contribution >= 4 is 0 Å². The summed E-state index contributed by atoms with van der Waals surface area (Å²) in [5, 5.41) is 0. The number of hydrogen-bond acceptors (Lipinski definition) is 3. The molecule has 2 heterocycles. The maximum atomic E-state index is 6.56. The van der Waals surface area contributed by atoms with E-state index >= 15 is 0 Å². The highest BCUT2D eigenvalue weighted by molar-refractivity contribution is 5.29. The maximum Gasteiger partial charge on any atom is 0.209 e. The molecule has 1 spiro atoms. The molecule has 2 rings (SSSR count). The Kier molecular flexibility index (Phi) is 7.89.